The fraction of sp³-hybridized carbons (Fsp3) is 0.355. The molecule has 8 heteroatoms. The Labute approximate surface area is 241 Å². The molecule has 0 aromatic heterocycles. The summed E-state index contributed by atoms with van der Waals surface area (Å²) in [6.45, 7) is 2.72. The van der Waals surface area contributed by atoms with Crippen molar-refractivity contribution in [2.45, 2.75) is 51.6 Å². The Morgan fingerprint density at radius 1 is 0.897 bits per heavy atom. The third-order valence-corrected chi connectivity index (χ3v) is 7.27. The number of nitrogens with one attached hydrogen (secondary N) is 1. The van der Waals surface area contributed by atoms with Crippen molar-refractivity contribution in [3.63, 3.8) is 0 Å². The topological polar surface area (TPSA) is 67.9 Å². The van der Waals surface area contributed by atoms with Crippen LogP contribution in [0.2, 0.25) is 10.0 Å². The van der Waals surface area contributed by atoms with Crippen molar-refractivity contribution < 1.29 is 19.1 Å². The molecule has 0 aliphatic rings. The lowest BCUT2D eigenvalue weighted by Gasteiger charge is -2.32. The smallest absolute Gasteiger partial charge is 0.243 e. The molecule has 0 heterocycles. The highest BCUT2D eigenvalue weighted by molar-refractivity contribution is 6.36. The van der Waals surface area contributed by atoms with E-state index in [1.807, 2.05) is 48.5 Å². The molecule has 3 aromatic carbocycles. The largest absolute Gasteiger partial charge is 0.493 e. The van der Waals surface area contributed by atoms with Crippen LogP contribution in [0.4, 0.5) is 0 Å². The normalized spacial score (nSPS) is 11.5. The number of amides is 2. The molecule has 1 N–H and O–H groups in total. The lowest BCUT2D eigenvalue weighted by atomic mass is 10.0. The fourth-order valence-electron chi connectivity index (χ4n) is 4.34. The average Bonchev–Trinajstić information content (AvgIpc) is 2.95. The van der Waals surface area contributed by atoms with Crippen LogP contribution in [0.25, 0.3) is 0 Å². The first-order valence-corrected chi connectivity index (χ1v) is 13.9. The summed E-state index contributed by atoms with van der Waals surface area (Å²) < 4.78 is 10.7. The van der Waals surface area contributed by atoms with Gasteiger partial charge in [0, 0.05) is 41.5 Å². The number of carbonyl (C=O) groups is 2. The number of hydrogen-bond acceptors (Lipinski definition) is 4. The molecular weight excluding hydrogens is 535 g/mol. The number of carbonyl (C=O) groups excluding carboxylic acids is 2. The second kappa shape index (κ2) is 15.4. The van der Waals surface area contributed by atoms with Crippen LogP contribution in [-0.4, -0.2) is 43.5 Å². The van der Waals surface area contributed by atoms with Gasteiger partial charge in [-0.25, -0.2) is 0 Å². The zero-order chi connectivity index (χ0) is 28.2. The number of ether oxygens (including phenoxy) is 2. The van der Waals surface area contributed by atoms with Crippen molar-refractivity contribution in [1.82, 2.24) is 10.2 Å². The number of hydrogen-bond donors (Lipinski definition) is 1. The summed E-state index contributed by atoms with van der Waals surface area (Å²) in [5.74, 6) is 0.843. The molecule has 0 bridgehead atoms. The lowest BCUT2D eigenvalue weighted by Crippen LogP contribution is -2.50. The quantitative estimate of drug-likeness (QED) is 0.225. The number of benzene rings is 3. The van der Waals surface area contributed by atoms with Crippen molar-refractivity contribution >= 4 is 35.0 Å². The summed E-state index contributed by atoms with van der Waals surface area (Å²) in [6.07, 6.45) is 2.82. The van der Waals surface area contributed by atoms with Gasteiger partial charge in [-0.15, -0.1) is 0 Å². The minimum Gasteiger partial charge on any atom is -0.493 e. The van der Waals surface area contributed by atoms with Crippen LogP contribution < -0.4 is 14.8 Å². The molecule has 0 radical (unpaired) electrons. The van der Waals surface area contributed by atoms with Crippen molar-refractivity contribution in [2.75, 3.05) is 20.8 Å². The predicted molar refractivity (Wildman–Crippen MR) is 157 cm³/mol. The monoisotopic (exact) mass is 570 g/mol. The van der Waals surface area contributed by atoms with Crippen molar-refractivity contribution in [3.8, 4) is 11.5 Å². The third-order valence-electron chi connectivity index (χ3n) is 6.57. The lowest BCUT2D eigenvalue weighted by molar-refractivity contribution is -0.141. The molecule has 6 nitrogen and oxygen atoms in total. The van der Waals surface area contributed by atoms with Crippen LogP contribution in [0.15, 0.2) is 66.7 Å². The number of aryl methyl sites for hydroxylation is 1. The molecule has 0 saturated heterocycles. The Morgan fingerprint density at radius 3 is 2.23 bits per heavy atom. The van der Waals surface area contributed by atoms with E-state index in [4.69, 9.17) is 32.7 Å². The second-order valence-corrected chi connectivity index (χ2v) is 10.1. The number of rotatable bonds is 14. The van der Waals surface area contributed by atoms with Crippen LogP contribution in [0, 0.1) is 0 Å². The molecule has 1 unspecified atom stereocenters. The maximum absolute atomic E-state index is 13.9. The van der Waals surface area contributed by atoms with Crippen molar-refractivity contribution in [3.05, 3.63) is 93.5 Å². The Hall–Kier alpha value is -3.22. The van der Waals surface area contributed by atoms with E-state index in [0.717, 1.165) is 24.0 Å². The highest BCUT2D eigenvalue weighted by Gasteiger charge is 2.31. The summed E-state index contributed by atoms with van der Waals surface area (Å²) in [5.41, 5.74) is 2.49. The molecular formula is C31H36Cl2N2O4. The van der Waals surface area contributed by atoms with Gasteiger partial charge in [-0.05, 0) is 48.2 Å². The molecule has 2 amide bonds. The van der Waals surface area contributed by atoms with E-state index in [9.17, 15) is 9.59 Å². The van der Waals surface area contributed by atoms with Gasteiger partial charge in [0.2, 0.25) is 11.8 Å². The first-order chi connectivity index (χ1) is 18.9. The van der Waals surface area contributed by atoms with E-state index in [0.29, 0.717) is 46.5 Å². The summed E-state index contributed by atoms with van der Waals surface area (Å²) in [4.78, 5) is 29.1. The van der Waals surface area contributed by atoms with Gasteiger partial charge in [0.25, 0.3) is 0 Å². The molecule has 0 saturated carbocycles. The second-order valence-electron chi connectivity index (χ2n) is 9.26. The first kappa shape index (κ1) is 30.3. The SMILES string of the molecule is CCCCNC(=O)C(Cc1ccccc1)N(Cc1c(Cl)cccc1Cl)C(=O)CCc1ccc(OC)c(OC)c1. The highest BCUT2D eigenvalue weighted by Crippen LogP contribution is 2.29. The Balaban J connectivity index is 1.93. The van der Waals surface area contributed by atoms with Gasteiger partial charge in [0.15, 0.2) is 11.5 Å². The number of unbranched alkanes of at least 4 members (excludes halogenated alkanes) is 1. The molecule has 208 valence electrons. The maximum atomic E-state index is 13.9. The molecule has 3 rings (SSSR count). The highest BCUT2D eigenvalue weighted by atomic mass is 35.5. The van der Waals surface area contributed by atoms with Crippen LogP contribution in [0.3, 0.4) is 0 Å². The molecule has 0 aliphatic carbocycles. The van der Waals surface area contributed by atoms with Gasteiger partial charge in [-0.1, -0.05) is 79.0 Å². The van der Waals surface area contributed by atoms with Crippen molar-refractivity contribution in [2.24, 2.45) is 0 Å². The van der Waals surface area contributed by atoms with Crippen LogP contribution >= 0.6 is 23.2 Å². The maximum Gasteiger partial charge on any atom is 0.243 e. The Bertz CT molecular complexity index is 1220. The molecule has 0 spiro atoms. The van der Waals surface area contributed by atoms with E-state index >= 15 is 0 Å². The Kier molecular flexibility index (Phi) is 12.0. The van der Waals surface area contributed by atoms with Crippen molar-refractivity contribution in [1.29, 1.82) is 0 Å². The van der Waals surface area contributed by atoms with Crippen LogP contribution in [-0.2, 0) is 29.0 Å². The summed E-state index contributed by atoms with van der Waals surface area (Å²) in [6, 6.07) is 19.8. The molecule has 0 fully saturated rings. The van der Waals surface area contributed by atoms with Crippen LogP contribution in [0.5, 0.6) is 11.5 Å². The number of nitrogens with zero attached hydrogens (tertiary/aromatic N) is 1. The van der Waals surface area contributed by atoms with Gasteiger partial charge >= 0.3 is 0 Å². The minimum absolute atomic E-state index is 0.113. The van der Waals surface area contributed by atoms with Gasteiger partial charge in [0.05, 0.1) is 14.2 Å². The van der Waals surface area contributed by atoms with Gasteiger partial charge in [-0.2, -0.15) is 0 Å². The average molecular weight is 572 g/mol. The first-order valence-electron chi connectivity index (χ1n) is 13.1. The molecule has 1 atom stereocenters. The van der Waals surface area contributed by atoms with Gasteiger partial charge in [-0.3, -0.25) is 9.59 Å². The summed E-state index contributed by atoms with van der Waals surface area (Å²) >= 11 is 13.0. The summed E-state index contributed by atoms with van der Waals surface area (Å²) in [5, 5.41) is 3.92. The van der Waals surface area contributed by atoms with Crippen LogP contribution in [0.1, 0.15) is 42.9 Å². The molecule has 3 aromatic rings. The molecule has 39 heavy (non-hydrogen) atoms. The third kappa shape index (κ3) is 8.64. The van der Waals surface area contributed by atoms with Gasteiger partial charge in [0.1, 0.15) is 6.04 Å². The zero-order valence-corrected chi connectivity index (χ0v) is 24.2. The number of halogens is 2. The zero-order valence-electron chi connectivity index (χ0n) is 22.7. The predicted octanol–water partition coefficient (Wildman–Crippen LogP) is 6.50. The summed E-state index contributed by atoms with van der Waals surface area (Å²) in [7, 11) is 3.16. The van der Waals surface area contributed by atoms with E-state index < -0.39 is 6.04 Å². The van der Waals surface area contributed by atoms with E-state index in [1.54, 1.807) is 37.3 Å². The number of methoxy groups -OCH3 is 2. The van der Waals surface area contributed by atoms with E-state index in [1.165, 1.54) is 0 Å². The molecule has 0 aliphatic heterocycles. The van der Waals surface area contributed by atoms with E-state index in [-0.39, 0.29) is 24.8 Å². The Morgan fingerprint density at radius 2 is 1.59 bits per heavy atom. The fourth-order valence-corrected chi connectivity index (χ4v) is 4.86. The minimum atomic E-state index is -0.741. The van der Waals surface area contributed by atoms with E-state index in [2.05, 4.69) is 12.2 Å². The standard InChI is InChI=1S/C31H36Cl2N2O4/c1-4-5-18-34-31(37)27(19-22-10-7-6-8-11-22)35(21-24-25(32)12-9-13-26(24)33)30(36)17-15-23-14-16-28(38-2)29(20-23)39-3/h6-14,16,20,27H,4-5,15,17-19,21H2,1-3H3,(H,34,37). The van der Waals surface area contributed by atoms with Gasteiger partial charge < -0.3 is 19.7 Å².